The standard InChI is InChI=1S/C27H21N5O5/c28-16-17-6-8-18(9-7-17)25(33)23-15-14-22-24(27(35)30(26(22)34)20-4-2-1-3-5-20)31(23)29-19-10-12-21(13-11-19)32(36)37/h1-15,22-25,29,33H. The van der Waals surface area contributed by atoms with Crippen molar-refractivity contribution in [1.82, 2.24) is 5.01 Å². The first-order valence-electron chi connectivity index (χ1n) is 11.5. The topological polar surface area (TPSA) is 140 Å². The lowest BCUT2D eigenvalue weighted by atomic mass is 9.90. The van der Waals surface area contributed by atoms with Crippen molar-refractivity contribution in [2.45, 2.75) is 18.2 Å². The second-order valence-electron chi connectivity index (χ2n) is 8.70. The molecule has 3 aromatic carbocycles. The Kier molecular flexibility index (Phi) is 6.23. The number of benzene rings is 3. The minimum absolute atomic E-state index is 0.0986. The third-order valence-electron chi connectivity index (χ3n) is 6.51. The van der Waals surface area contributed by atoms with Crippen LogP contribution in [0, 0.1) is 27.4 Å². The quantitative estimate of drug-likeness (QED) is 0.230. The Bertz CT molecular complexity index is 1420. The second-order valence-corrected chi connectivity index (χ2v) is 8.70. The first kappa shape index (κ1) is 23.9. The van der Waals surface area contributed by atoms with Crippen LogP contribution in [0.25, 0.3) is 0 Å². The Morgan fingerprint density at radius 1 is 0.946 bits per heavy atom. The summed E-state index contributed by atoms with van der Waals surface area (Å²) in [5, 5.41) is 33.0. The van der Waals surface area contributed by atoms with Gasteiger partial charge >= 0.3 is 0 Å². The van der Waals surface area contributed by atoms with Gasteiger partial charge in [-0.3, -0.25) is 19.7 Å². The van der Waals surface area contributed by atoms with Gasteiger partial charge in [0.05, 0.1) is 40.3 Å². The van der Waals surface area contributed by atoms with Crippen molar-refractivity contribution >= 4 is 28.9 Å². The number of nitriles is 1. The summed E-state index contributed by atoms with van der Waals surface area (Å²) in [5.41, 5.74) is 4.85. The van der Waals surface area contributed by atoms with E-state index in [9.17, 15) is 24.8 Å². The summed E-state index contributed by atoms with van der Waals surface area (Å²) in [4.78, 5) is 38.7. The summed E-state index contributed by atoms with van der Waals surface area (Å²) in [6.45, 7) is 0. The number of carbonyl (C=O) groups excluding carboxylic acids is 2. The monoisotopic (exact) mass is 495 g/mol. The van der Waals surface area contributed by atoms with Crippen LogP contribution in [-0.4, -0.2) is 38.9 Å². The van der Waals surface area contributed by atoms with E-state index in [1.54, 1.807) is 66.7 Å². The van der Waals surface area contributed by atoms with Crippen molar-refractivity contribution in [2.24, 2.45) is 5.92 Å². The Morgan fingerprint density at radius 2 is 1.62 bits per heavy atom. The molecule has 3 aromatic rings. The minimum atomic E-state index is -1.12. The number of hydrogen-bond acceptors (Lipinski definition) is 8. The molecule has 2 amide bonds. The summed E-state index contributed by atoms with van der Waals surface area (Å²) in [6.07, 6.45) is 2.19. The molecule has 4 atom stereocenters. The van der Waals surface area contributed by atoms with Crippen molar-refractivity contribution in [3.63, 3.8) is 0 Å². The molecule has 0 aromatic heterocycles. The van der Waals surface area contributed by atoms with Gasteiger partial charge in [-0.1, -0.05) is 42.5 Å². The summed E-state index contributed by atoms with van der Waals surface area (Å²) < 4.78 is 0. The number of para-hydroxylation sites is 1. The van der Waals surface area contributed by atoms with Crippen LogP contribution in [0.5, 0.6) is 0 Å². The second kappa shape index (κ2) is 9.66. The zero-order valence-corrected chi connectivity index (χ0v) is 19.3. The number of non-ortho nitro benzene ring substituents is 1. The number of amides is 2. The largest absolute Gasteiger partial charge is 0.386 e. The third kappa shape index (κ3) is 4.33. The lowest BCUT2D eigenvalue weighted by molar-refractivity contribution is -0.384. The minimum Gasteiger partial charge on any atom is -0.386 e. The van der Waals surface area contributed by atoms with E-state index in [-0.39, 0.29) is 11.6 Å². The number of anilines is 2. The predicted molar refractivity (Wildman–Crippen MR) is 134 cm³/mol. The number of carbonyl (C=O) groups is 2. The first-order valence-corrected chi connectivity index (χ1v) is 11.5. The summed E-state index contributed by atoms with van der Waals surface area (Å²) in [7, 11) is 0. The molecule has 4 unspecified atom stereocenters. The van der Waals surface area contributed by atoms with Crippen LogP contribution in [0.4, 0.5) is 17.1 Å². The zero-order valence-electron chi connectivity index (χ0n) is 19.3. The van der Waals surface area contributed by atoms with Crippen molar-refractivity contribution < 1.29 is 19.6 Å². The molecular formula is C27H21N5O5. The number of rotatable bonds is 6. The van der Waals surface area contributed by atoms with Gasteiger partial charge in [-0.25, -0.2) is 9.91 Å². The molecule has 0 bridgehead atoms. The van der Waals surface area contributed by atoms with Gasteiger partial charge < -0.3 is 10.5 Å². The summed E-state index contributed by atoms with van der Waals surface area (Å²) in [5.74, 6) is -1.65. The van der Waals surface area contributed by atoms with Gasteiger partial charge in [-0.2, -0.15) is 5.26 Å². The smallest absolute Gasteiger partial charge is 0.269 e. The molecule has 2 aliphatic rings. The molecule has 2 heterocycles. The summed E-state index contributed by atoms with van der Waals surface area (Å²) in [6, 6.07) is 20.9. The highest BCUT2D eigenvalue weighted by atomic mass is 16.6. The molecule has 37 heavy (non-hydrogen) atoms. The Balaban J connectivity index is 1.53. The van der Waals surface area contributed by atoms with E-state index < -0.39 is 34.9 Å². The van der Waals surface area contributed by atoms with Crippen LogP contribution in [0.1, 0.15) is 17.2 Å². The molecule has 1 saturated heterocycles. The summed E-state index contributed by atoms with van der Waals surface area (Å²) >= 11 is 0. The van der Waals surface area contributed by atoms with Crippen LogP contribution >= 0.6 is 0 Å². The van der Waals surface area contributed by atoms with Crippen molar-refractivity contribution in [2.75, 3.05) is 10.3 Å². The van der Waals surface area contributed by atoms with E-state index in [4.69, 9.17) is 5.26 Å². The van der Waals surface area contributed by atoms with Crippen molar-refractivity contribution in [3.8, 4) is 6.07 Å². The third-order valence-corrected chi connectivity index (χ3v) is 6.51. The van der Waals surface area contributed by atoms with Gasteiger partial charge in [0.25, 0.3) is 11.6 Å². The van der Waals surface area contributed by atoms with Crippen LogP contribution < -0.4 is 10.3 Å². The highest BCUT2D eigenvalue weighted by Gasteiger charge is 2.54. The zero-order chi connectivity index (χ0) is 26.1. The predicted octanol–water partition coefficient (Wildman–Crippen LogP) is 3.33. The van der Waals surface area contributed by atoms with Gasteiger partial charge in [0, 0.05) is 17.8 Å². The molecule has 0 aliphatic carbocycles. The Labute approximate surface area is 211 Å². The molecule has 184 valence electrons. The fourth-order valence-corrected chi connectivity index (χ4v) is 4.66. The van der Waals surface area contributed by atoms with E-state index in [1.807, 2.05) is 6.07 Å². The fourth-order valence-electron chi connectivity index (χ4n) is 4.66. The van der Waals surface area contributed by atoms with Crippen molar-refractivity contribution in [3.05, 3.63) is 112 Å². The molecule has 10 nitrogen and oxygen atoms in total. The molecular weight excluding hydrogens is 474 g/mol. The fraction of sp³-hybridized carbons (Fsp3) is 0.148. The number of nitro benzene ring substituents is 1. The lowest BCUT2D eigenvalue weighted by Gasteiger charge is -2.40. The molecule has 1 fully saturated rings. The first-order chi connectivity index (χ1) is 17.9. The van der Waals surface area contributed by atoms with E-state index in [2.05, 4.69) is 5.43 Å². The number of nitro groups is 1. The van der Waals surface area contributed by atoms with Gasteiger partial charge in [0.1, 0.15) is 6.04 Å². The number of aliphatic hydroxyl groups excluding tert-OH is 1. The maximum absolute atomic E-state index is 13.7. The molecule has 10 heteroatoms. The SMILES string of the molecule is N#Cc1ccc(C(O)C2C=CC3C(=O)N(c4ccccc4)C(=O)C3N2Nc2ccc([N+](=O)[O-])cc2)cc1. The Hall–Kier alpha value is -4.85. The van der Waals surface area contributed by atoms with Crippen LogP contribution in [-0.2, 0) is 9.59 Å². The highest BCUT2D eigenvalue weighted by Crippen LogP contribution is 2.38. The molecule has 0 saturated carbocycles. The average Bonchev–Trinajstić information content (AvgIpc) is 3.19. The van der Waals surface area contributed by atoms with E-state index in [0.717, 1.165) is 4.90 Å². The molecule has 5 rings (SSSR count). The number of hydrazine groups is 1. The van der Waals surface area contributed by atoms with Gasteiger partial charge in [-0.05, 0) is 42.0 Å². The van der Waals surface area contributed by atoms with Gasteiger partial charge in [0.15, 0.2) is 0 Å². The number of imide groups is 1. The maximum Gasteiger partial charge on any atom is 0.269 e. The molecule has 0 spiro atoms. The number of aliphatic hydroxyl groups is 1. The lowest BCUT2D eigenvalue weighted by Crippen LogP contribution is -2.55. The van der Waals surface area contributed by atoms with E-state index in [0.29, 0.717) is 22.5 Å². The number of nitrogens with one attached hydrogen (secondary N) is 1. The van der Waals surface area contributed by atoms with Crippen LogP contribution in [0.2, 0.25) is 0 Å². The highest BCUT2D eigenvalue weighted by molar-refractivity contribution is 6.24. The van der Waals surface area contributed by atoms with Crippen molar-refractivity contribution in [1.29, 1.82) is 5.26 Å². The maximum atomic E-state index is 13.7. The molecule has 2 N–H and O–H groups in total. The van der Waals surface area contributed by atoms with Gasteiger partial charge in [-0.15, -0.1) is 0 Å². The van der Waals surface area contributed by atoms with E-state index in [1.165, 1.54) is 29.3 Å². The van der Waals surface area contributed by atoms with Crippen LogP contribution in [0.15, 0.2) is 91.0 Å². The normalized spacial score (nSPS) is 21.8. The number of fused-ring (bicyclic) bond motifs is 1. The average molecular weight is 495 g/mol. The van der Waals surface area contributed by atoms with Crippen LogP contribution in [0.3, 0.4) is 0 Å². The van der Waals surface area contributed by atoms with Gasteiger partial charge in [0.2, 0.25) is 5.91 Å². The number of nitrogens with zero attached hydrogens (tertiary/aromatic N) is 4. The number of hydrogen-bond donors (Lipinski definition) is 2. The molecule has 0 radical (unpaired) electrons. The van der Waals surface area contributed by atoms with E-state index >= 15 is 0 Å². The Morgan fingerprint density at radius 3 is 2.24 bits per heavy atom. The molecule has 2 aliphatic heterocycles.